The van der Waals surface area contributed by atoms with Gasteiger partial charge in [-0.1, -0.05) is 18.2 Å². The topological polar surface area (TPSA) is 58.4 Å². The molecular weight excluding hydrogens is 292 g/mol. The van der Waals surface area contributed by atoms with Crippen LogP contribution in [0.1, 0.15) is 24.3 Å². The molecule has 0 spiro atoms. The van der Waals surface area contributed by atoms with E-state index in [-0.39, 0.29) is 11.5 Å². The van der Waals surface area contributed by atoms with Crippen LogP contribution in [0, 0.1) is 0 Å². The molecular formula is C17H22N4O2. The van der Waals surface area contributed by atoms with Crippen molar-refractivity contribution in [2.24, 2.45) is 7.05 Å². The number of amides is 1. The first-order chi connectivity index (χ1) is 11.0. The zero-order valence-corrected chi connectivity index (χ0v) is 13.8. The lowest BCUT2D eigenvalue weighted by Crippen LogP contribution is -2.51. The number of piperazine rings is 1. The molecule has 2 heterocycles. The number of aryl methyl sites for hydroxylation is 1. The SMILES string of the molecule is CC(C)N1CCN(C(=O)c2nn(C)c(=O)c3ccccc23)CC1. The van der Waals surface area contributed by atoms with Crippen LogP contribution in [0.25, 0.3) is 10.8 Å². The van der Waals surface area contributed by atoms with E-state index >= 15 is 0 Å². The Kier molecular flexibility index (Phi) is 4.17. The van der Waals surface area contributed by atoms with Crippen molar-refractivity contribution in [1.82, 2.24) is 19.6 Å². The van der Waals surface area contributed by atoms with Crippen LogP contribution < -0.4 is 5.56 Å². The van der Waals surface area contributed by atoms with Crippen LogP contribution in [0.15, 0.2) is 29.1 Å². The summed E-state index contributed by atoms with van der Waals surface area (Å²) < 4.78 is 1.25. The fraction of sp³-hybridized carbons (Fsp3) is 0.471. The summed E-state index contributed by atoms with van der Waals surface area (Å²) in [6.45, 7) is 7.45. The molecule has 3 rings (SSSR count). The summed E-state index contributed by atoms with van der Waals surface area (Å²) in [7, 11) is 1.59. The molecule has 0 aliphatic carbocycles. The molecule has 1 fully saturated rings. The highest BCUT2D eigenvalue weighted by Gasteiger charge is 2.26. The first kappa shape index (κ1) is 15.7. The van der Waals surface area contributed by atoms with Crippen LogP contribution in [0.5, 0.6) is 0 Å². The largest absolute Gasteiger partial charge is 0.335 e. The smallest absolute Gasteiger partial charge is 0.275 e. The van der Waals surface area contributed by atoms with Gasteiger partial charge in [0.05, 0.1) is 5.39 Å². The van der Waals surface area contributed by atoms with Crippen LogP contribution in [0.2, 0.25) is 0 Å². The number of rotatable bonds is 2. The zero-order valence-electron chi connectivity index (χ0n) is 13.8. The van der Waals surface area contributed by atoms with Crippen molar-refractivity contribution in [3.8, 4) is 0 Å². The fourth-order valence-electron chi connectivity index (χ4n) is 3.05. The minimum absolute atomic E-state index is 0.0970. The molecule has 6 nitrogen and oxygen atoms in total. The monoisotopic (exact) mass is 314 g/mol. The van der Waals surface area contributed by atoms with Gasteiger partial charge < -0.3 is 4.90 Å². The average Bonchev–Trinajstić information content (AvgIpc) is 2.57. The van der Waals surface area contributed by atoms with Gasteiger partial charge in [0.25, 0.3) is 11.5 Å². The van der Waals surface area contributed by atoms with Crippen LogP contribution in [-0.4, -0.2) is 57.7 Å². The second kappa shape index (κ2) is 6.12. The van der Waals surface area contributed by atoms with Crippen molar-refractivity contribution in [2.75, 3.05) is 26.2 Å². The van der Waals surface area contributed by atoms with E-state index in [0.717, 1.165) is 13.1 Å². The van der Waals surface area contributed by atoms with Gasteiger partial charge >= 0.3 is 0 Å². The third-order valence-corrected chi connectivity index (χ3v) is 4.49. The summed E-state index contributed by atoms with van der Waals surface area (Å²) in [5.74, 6) is -0.0970. The highest BCUT2D eigenvalue weighted by Crippen LogP contribution is 2.16. The predicted molar refractivity (Wildman–Crippen MR) is 89.6 cm³/mol. The molecule has 0 atom stereocenters. The normalized spacial score (nSPS) is 16.3. The summed E-state index contributed by atoms with van der Waals surface area (Å²) in [5, 5.41) is 5.40. The minimum atomic E-state index is -0.179. The predicted octanol–water partition coefficient (Wildman–Crippen LogP) is 1.10. The van der Waals surface area contributed by atoms with E-state index in [2.05, 4.69) is 23.8 Å². The number of carbonyl (C=O) groups is 1. The number of carbonyl (C=O) groups excluding carboxylic acids is 1. The molecule has 1 aliphatic heterocycles. The maximum atomic E-state index is 12.9. The molecule has 0 N–H and O–H groups in total. The molecule has 1 aliphatic rings. The van der Waals surface area contributed by atoms with Crippen LogP contribution in [-0.2, 0) is 7.05 Å². The molecule has 1 aromatic carbocycles. The number of hydrogen-bond acceptors (Lipinski definition) is 4. The molecule has 0 unspecified atom stereocenters. The van der Waals surface area contributed by atoms with E-state index in [1.165, 1.54) is 4.68 Å². The number of hydrogen-bond donors (Lipinski definition) is 0. The third kappa shape index (κ3) is 2.86. The Morgan fingerprint density at radius 1 is 1.09 bits per heavy atom. The fourth-order valence-corrected chi connectivity index (χ4v) is 3.05. The van der Waals surface area contributed by atoms with Gasteiger partial charge in [-0.3, -0.25) is 14.5 Å². The number of benzene rings is 1. The standard InChI is InChI=1S/C17H22N4O2/c1-12(2)20-8-10-21(11-9-20)17(23)15-13-6-4-5-7-14(13)16(22)19(3)18-15/h4-7,12H,8-11H2,1-3H3. The van der Waals surface area contributed by atoms with Crippen molar-refractivity contribution >= 4 is 16.7 Å². The Labute approximate surface area is 135 Å². The quantitative estimate of drug-likeness (QED) is 0.833. The molecule has 0 bridgehead atoms. The van der Waals surface area contributed by atoms with Crippen molar-refractivity contribution in [1.29, 1.82) is 0 Å². The Balaban J connectivity index is 1.93. The summed E-state index contributed by atoms with van der Waals surface area (Å²) >= 11 is 0. The van der Waals surface area contributed by atoms with Crippen molar-refractivity contribution in [3.05, 3.63) is 40.3 Å². The highest BCUT2D eigenvalue weighted by molar-refractivity contribution is 6.04. The van der Waals surface area contributed by atoms with Gasteiger partial charge in [-0.2, -0.15) is 5.10 Å². The molecule has 1 saturated heterocycles. The number of aromatic nitrogens is 2. The molecule has 1 amide bonds. The summed E-state index contributed by atoms with van der Waals surface area (Å²) in [6, 6.07) is 7.66. The molecule has 0 radical (unpaired) electrons. The van der Waals surface area contributed by atoms with Crippen molar-refractivity contribution in [3.63, 3.8) is 0 Å². The number of fused-ring (bicyclic) bond motifs is 1. The van der Waals surface area contributed by atoms with Gasteiger partial charge in [0.2, 0.25) is 0 Å². The van der Waals surface area contributed by atoms with Crippen LogP contribution in [0.3, 0.4) is 0 Å². The molecule has 23 heavy (non-hydrogen) atoms. The lowest BCUT2D eigenvalue weighted by Gasteiger charge is -2.36. The maximum Gasteiger partial charge on any atom is 0.275 e. The van der Waals surface area contributed by atoms with Gasteiger partial charge in [-0.05, 0) is 19.9 Å². The van der Waals surface area contributed by atoms with E-state index in [1.54, 1.807) is 25.2 Å². The zero-order chi connectivity index (χ0) is 16.6. The summed E-state index contributed by atoms with van der Waals surface area (Å²) in [6.07, 6.45) is 0. The third-order valence-electron chi connectivity index (χ3n) is 4.49. The van der Waals surface area contributed by atoms with E-state index in [4.69, 9.17) is 0 Å². The molecule has 2 aromatic rings. The number of nitrogens with zero attached hydrogens (tertiary/aromatic N) is 4. The summed E-state index contributed by atoms with van der Waals surface area (Å²) in [5.41, 5.74) is 0.183. The highest BCUT2D eigenvalue weighted by atomic mass is 16.2. The second-order valence-corrected chi connectivity index (χ2v) is 6.24. The van der Waals surface area contributed by atoms with Gasteiger partial charge in [-0.15, -0.1) is 0 Å². The molecule has 6 heteroatoms. The Morgan fingerprint density at radius 2 is 1.70 bits per heavy atom. The van der Waals surface area contributed by atoms with Gasteiger partial charge in [0, 0.05) is 44.7 Å². The maximum absolute atomic E-state index is 12.9. The van der Waals surface area contributed by atoms with E-state index in [0.29, 0.717) is 35.6 Å². The Morgan fingerprint density at radius 3 is 2.30 bits per heavy atom. The van der Waals surface area contributed by atoms with Gasteiger partial charge in [0.1, 0.15) is 0 Å². The molecule has 1 aromatic heterocycles. The van der Waals surface area contributed by atoms with Crippen LogP contribution >= 0.6 is 0 Å². The van der Waals surface area contributed by atoms with Gasteiger partial charge in [0.15, 0.2) is 5.69 Å². The first-order valence-corrected chi connectivity index (χ1v) is 7.98. The van der Waals surface area contributed by atoms with Crippen molar-refractivity contribution < 1.29 is 4.79 Å². The lowest BCUT2D eigenvalue weighted by atomic mass is 10.1. The molecule has 122 valence electrons. The Bertz CT molecular complexity index is 789. The second-order valence-electron chi connectivity index (χ2n) is 6.24. The summed E-state index contributed by atoms with van der Waals surface area (Å²) in [4.78, 5) is 29.2. The van der Waals surface area contributed by atoms with Crippen molar-refractivity contribution in [2.45, 2.75) is 19.9 Å². The minimum Gasteiger partial charge on any atom is -0.335 e. The first-order valence-electron chi connectivity index (χ1n) is 7.98. The average molecular weight is 314 g/mol. The van der Waals surface area contributed by atoms with E-state index in [9.17, 15) is 9.59 Å². The Hall–Kier alpha value is -2.21. The molecule has 0 saturated carbocycles. The lowest BCUT2D eigenvalue weighted by molar-refractivity contribution is 0.0590. The van der Waals surface area contributed by atoms with E-state index < -0.39 is 0 Å². The van der Waals surface area contributed by atoms with Gasteiger partial charge in [-0.25, -0.2) is 4.68 Å². The van der Waals surface area contributed by atoms with Crippen LogP contribution in [0.4, 0.5) is 0 Å². The van der Waals surface area contributed by atoms with E-state index in [1.807, 2.05) is 11.0 Å².